The van der Waals surface area contributed by atoms with Crippen molar-refractivity contribution in [2.24, 2.45) is 0 Å². The second kappa shape index (κ2) is 6.95. The number of rotatable bonds is 3. The van der Waals surface area contributed by atoms with E-state index >= 15 is 0 Å². The molecule has 0 saturated carbocycles. The van der Waals surface area contributed by atoms with E-state index in [4.69, 9.17) is 11.6 Å². The largest absolute Gasteiger partial charge is 0.418 e. The number of nitrogens with zero attached hydrogens (tertiary/aromatic N) is 2. The summed E-state index contributed by atoms with van der Waals surface area (Å²) in [6.07, 6.45) is -4.55. The quantitative estimate of drug-likeness (QED) is 0.353. The van der Waals surface area contributed by atoms with E-state index in [0.717, 1.165) is 6.07 Å². The van der Waals surface area contributed by atoms with Gasteiger partial charge in [0.1, 0.15) is 11.3 Å². The van der Waals surface area contributed by atoms with Crippen molar-refractivity contribution < 1.29 is 17.6 Å². The fourth-order valence-corrected chi connectivity index (χ4v) is 3.45. The summed E-state index contributed by atoms with van der Waals surface area (Å²) >= 11 is 6.12. The van der Waals surface area contributed by atoms with Gasteiger partial charge in [-0.3, -0.25) is 4.68 Å². The topological polar surface area (TPSA) is 17.8 Å². The minimum absolute atomic E-state index is 0.0955. The van der Waals surface area contributed by atoms with Gasteiger partial charge in [-0.1, -0.05) is 60.1 Å². The molecule has 0 unspecified atom stereocenters. The summed E-state index contributed by atoms with van der Waals surface area (Å²) < 4.78 is 56.1. The Morgan fingerprint density at radius 3 is 2.29 bits per heavy atom. The maximum absolute atomic E-state index is 14.3. The molecule has 0 aliphatic carbocycles. The maximum atomic E-state index is 14.3. The van der Waals surface area contributed by atoms with Crippen molar-refractivity contribution in [3.8, 4) is 11.3 Å². The standard InChI is InChI=1S/C21H13ClF4N2/c22-17-10-5-11-18(23)15(17)12-28-20(13-6-2-1-3-7-13)14-8-4-9-16(19(14)27-28)21(24,25)26/h1-11H,12H2. The SMILES string of the molecule is Fc1cccc(Cl)c1Cn1nc2c(C(F)(F)F)cccc2c1-c1ccccc1. The van der Waals surface area contributed by atoms with E-state index in [1.54, 1.807) is 36.4 Å². The lowest BCUT2D eigenvalue weighted by atomic mass is 10.0. The number of aromatic nitrogens is 2. The molecule has 0 fully saturated rings. The van der Waals surface area contributed by atoms with Crippen molar-refractivity contribution >= 4 is 22.5 Å². The van der Waals surface area contributed by atoms with Crippen LogP contribution in [0.1, 0.15) is 11.1 Å². The highest BCUT2D eigenvalue weighted by molar-refractivity contribution is 6.31. The van der Waals surface area contributed by atoms with Gasteiger partial charge in [0.05, 0.1) is 17.8 Å². The van der Waals surface area contributed by atoms with Gasteiger partial charge in [0, 0.05) is 21.5 Å². The highest BCUT2D eigenvalue weighted by atomic mass is 35.5. The van der Waals surface area contributed by atoms with Gasteiger partial charge < -0.3 is 0 Å². The number of alkyl halides is 3. The van der Waals surface area contributed by atoms with Gasteiger partial charge in [-0.2, -0.15) is 18.3 Å². The zero-order valence-corrected chi connectivity index (χ0v) is 15.1. The van der Waals surface area contributed by atoms with E-state index in [1.807, 2.05) is 0 Å². The molecular weight excluding hydrogens is 392 g/mol. The summed E-state index contributed by atoms with van der Waals surface area (Å²) in [5, 5.41) is 4.73. The summed E-state index contributed by atoms with van der Waals surface area (Å²) in [5.74, 6) is -0.540. The second-order valence-corrected chi connectivity index (χ2v) is 6.68. The number of benzene rings is 3. The lowest BCUT2D eigenvalue weighted by Gasteiger charge is -2.10. The summed E-state index contributed by atoms with van der Waals surface area (Å²) in [4.78, 5) is 0. The molecule has 142 valence electrons. The van der Waals surface area contributed by atoms with Crippen LogP contribution in [0, 0.1) is 5.82 Å². The number of halogens is 5. The van der Waals surface area contributed by atoms with E-state index in [1.165, 1.54) is 28.9 Å². The van der Waals surface area contributed by atoms with Crippen molar-refractivity contribution in [2.75, 3.05) is 0 Å². The molecule has 4 aromatic rings. The Morgan fingerprint density at radius 2 is 1.61 bits per heavy atom. The molecule has 3 aromatic carbocycles. The van der Waals surface area contributed by atoms with Crippen molar-refractivity contribution in [1.29, 1.82) is 0 Å². The fourth-order valence-electron chi connectivity index (χ4n) is 3.23. The van der Waals surface area contributed by atoms with Crippen LogP contribution in [-0.4, -0.2) is 9.78 Å². The molecule has 0 atom stereocenters. The molecule has 0 N–H and O–H groups in total. The fraction of sp³-hybridized carbons (Fsp3) is 0.0952. The van der Waals surface area contributed by atoms with E-state index in [0.29, 0.717) is 16.6 Å². The molecule has 0 aliphatic heterocycles. The normalized spacial score (nSPS) is 11.9. The zero-order valence-electron chi connectivity index (χ0n) is 14.3. The summed E-state index contributed by atoms with van der Waals surface area (Å²) in [6, 6.07) is 17.1. The Labute approximate surface area is 163 Å². The van der Waals surface area contributed by atoms with Gasteiger partial charge in [0.2, 0.25) is 0 Å². The minimum atomic E-state index is -4.55. The van der Waals surface area contributed by atoms with E-state index in [-0.39, 0.29) is 22.6 Å². The summed E-state index contributed by atoms with van der Waals surface area (Å²) in [5.41, 5.74) is 0.308. The Morgan fingerprint density at radius 1 is 0.893 bits per heavy atom. The third-order valence-corrected chi connectivity index (χ3v) is 4.85. The first kappa shape index (κ1) is 18.5. The van der Waals surface area contributed by atoms with Crippen LogP contribution in [0.4, 0.5) is 17.6 Å². The molecule has 4 rings (SSSR count). The molecule has 28 heavy (non-hydrogen) atoms. The molecular formula is C21H13ClF4N2. The molecule has 0 bridgehead atoms. The van der Waals surface area contributed by atoms with Gasteiger partial charge in [-0.15, -0.1) is 0 Å². The molecule has 1 aromatic heterocycles. The molecule has 7 heteroatoms. The summed E-state index contributed by atoms with van der Waals surface area (Å²) in [6.45, 7) is -0.0955. The van der Waals surface area contributed by atoms with Gasteiger partial charge in [-0.05, 0) is 18.2 Å². The summed E-state index contributed by atoms with van der Waals surface area (Å²) in [7, 11) is 0. The van der Waals surface area contributed by atoms with Gasteiger partial charge in [0.15, 0.2) is 0 Å². The molecule has 2 nitrogen and oxygen atoms in total. The molecule has 0 radical (unpaired) electrons. The van der Waals surface area contributed by atoms with Crippen LogP contribution in [0.5, 0.6) is 0 Å². The van der Waals surface area contributed by atoms with Crippen LogP contribution in [0.25, 0.3) is 22.2 Å². The van der Waals surface area contributed by atoms with Gasteiger partial charge in [-0.25, -0.2) is 4.39 Å². The van der Waals surface area contributed by atoms with Crippen LogP contribution in [0.3, 0.4) is 0 Å². The lowest BCUT2D eigenvalue weighted by molar-refractivity contribution is -0.136. The van der Waals surface area contributed by atoms with E-state index in [2.05, 4.69) is 5.10 Å². The number of fused-ring (bicyclic) bond motifs is 1. The molecule has 0 spiro atoms. The minimum Gasteiger partial charge on any atom is -0.259 e. The zero-order chi connectivity index (χ0) is 19.9. The van der Waals surface area contributed by atoms with Crippen molar-refractivity contribution in [2.45, 2.75) is 12.7 Å². The number of hydrogen-bond acceptors (Lipinski definition) is 1. The van der Waals surface area contributed by atoms with E-state index in [9.17, 15) is 17.6 Å². The molecule has 1 heterocycles. The Kier molecular flexibility index (Phi) is 4.59. The van der Waals surface area contributed by atoms with Crippen LogP contribution in [0.15, 0.2) is 66.7 Å². The second-order valence-electron chi connectivity index (χ2n) is 6.27. The third-order valence-electron chi connectivity index (χ3n) is 4.49. The van der Waals surface area contributed by atoms with Crippen molar-refractivity contribution in [3.05, 3.63) is 88.7 Å². The Hall–Kier alpha value is -2.86. The lowest BCUT2D eigenvalue weighted by Crippen LogP contribution is -2.08. The Balaban J connectivity index is 2.00. The molecule has 0 saturated heterocycles. The number of hydrogen-bond donors (Lipinski definition) is 0. The van der Waals surface area contributed by atoms with Crippen LogP contribution < -0.4 is 0 Å². The monoisotopic (exact) mass is 404 g/mol. The van der Waals surface area contributed by atoms with Gasteiger partial charge in [0.25, 0.3) is 0 Å². The highest BCUT2D eigenvalue weighted by Crippen LogP contribution is 2.38. The average Bonchev–Trinajstić information content (AvgIpc) is 3.02. The molecule has 0 aliphatic rings. The van der Waals surface area contributed by atoms with Crippen LogP contribution in [0.2, 0.25) is 5.02 Å². The molecule has 0 amide bonds. The first-order valence-corrected chi connectivity index (χ1v) is 8.79. The Bertz CT molecular complexity index is 1130. The van der Waals surface area contributed by atoms with Crippen molar-refractivity contribution in [1.82, 2.24) is 9.78 Å². The van der Waals surface area contributed by atoms with Crippen LogP contribution in [-0.2, 0) is 12.7 Å². The predicted octanol–water partition coefficient (Wildman–Crippen LogP) is 6.56. The third kappa shape index (κ3) is 3.24. The first-order chi connectivity index (χ1) is 13.4. The first-order valence-electron chi connectivity index (χ1n) is 8.41. The highest BCUT2D eigenvalue weighted by Gasteiger charge is 2.34. The smallest absolute Gasteiger partial charge is 0.259 e. The van der Waals surface area contributed by atoms with Crippen LogP contribution >= 0.6 is 11.6 Å². The average molecular weight is 405 g/mol. The van der Waals surface area contributed by atoms with Gasteiger partial charge >= 0.3 is 6.18 Å². The predicted molar refractivity (Wildman–Crippen MR) is 101 cm³/mol. The van der Waals surface area contributed by atoms with E-state index < -0.39 is 17.6 Å². The van der Waals surface area contributed by atoms with Crippen molar-refractivity contribution in [3.63, 3.8) is 0 Å². The maximum Gasteiger partial charge on any atom is 0.418 e.